The SMILES string of the molecule is COc1ccc([N+](=O)[O-])cc1CNCC1CCCC(C)C1. The van der Waals surface area contributed by atoms with Gasteiger partial charge in [-0.2, -0.15) is 0 Å². The molecule has 1 aromatic carbocycles. The fraction of sp³-hybridized carbons (Fsp3) is 0.625. The van der Waals surface area contributed by atoms with Crippen molar-refractivity contribution >= 4 is 5.69 Å². The minimum absolute atomic E-state index is 0.110. The summed E-state index contributed by atoms with van der Waals surface area (Å²) < 4.78 is 5.28. The first-order chi connectivity index (χ1) is 10.1. The van der Waals surface area contributed by atoms with Gasteiger partial charge < -0.3 is 10.1 Å². The molecule has 1 N–H and O–H groups in total. The van der Waals surface area contributed by atoms with E-state index in [9.17, 15) is 10.1 Å². The highest BCUT2D eigenvalue weighted by molar-refractivity contribution is 5.43. The number of rotatable bonds is 6. The number of non-ortho nitro benzene ring substituents is 1. The van der Waals surface area contributed by atoms with Gasteiger partial charge in [0.05, 0.1) is 12.0 Å². The molecule has 0 aromatic heterocycles. The third-order valence-corrected chi connectivity index (χ3v) is 4.27. The van der Waals surface area contributed by atoms with Crippen LogP contribution in [0.25, 0.3) is 0 Å². The number of nitrogens with zero attached hydrogens (tertiary/aromatic N) is 1. The molecule has 2 rings (SSSR count). The Bertz CT molecular complexity index is 490. The number of ether oxygens (including phenoxy) is 1. The van der Waals surface area contributed by atoms with Crippen LogP contribution < -0.4 is 10.1 Å². The van der Waals surface area contributed by atoms with Crippen LogP contribution in [0.2, 0.25) is 0 Å². The Kier molecular flexibility index (Phi) is 5.56. The van der Waals surface area contributed by atoms with E-state index >= 15 is 0 Å². The molecule has 1 saturated carbocycles. The van der Waals surface area contributed by atoms with Gasteiger partial charge in [-0.3, -0.25) is 10.1 Å². The van der Waals surface area contributed by atoms with Crippen molar-refractivity contribution in [3.05, 3.63) is 33.9 Å². The van der Waals surface area contributed by atoms with Crippen molar-refractivity contribution in [2.24, 2.45) is 11.8 Å². The Labute approximate surface area is 125 Å². The number of nitro benzene ring substituents is 1. The van der Waals surface area contributed by atoms with E-state index in [2.05, 4.69) is 12.2 Å². The van der Waals surface area contributed by atoms with Gasteiger partial charge in [0, 0.05) is 24.2 Å². The monoisotopic (exact) mass is 292 g/mol. The lowest BCUT2D eigenvalue weighted by molar-refractivity contribution is -0.384. The number of hydrogen-bond donors (Lipinski definition) is 1. The van der Waals surface area contributed by atoms with Gasteiger partial charge in [-0.05, 0) is 37.3 Å². The Balaban J connectivity index is 1.92. The van der Waals surface area contributed by atoms with Crippen LogP contribution in [0, 0.1) is 22.0 Å². The lowest BCUT2D eigenvalue weighted by atomic mass is 9.82. The van der Waals surface area contributed by atoms with E-state index in [1.165, 1.54) is 31.7 Å². The van der Waals surface area contributed by atoms with Crippen LogP contribution >= 0.6 is 0 Å². The third kappa shape index (κ3) is 4.43. The molecule has 21 heavy (non-hydrogen) atoms. The highest BCUT2D eigenvalue weighted by Crippen LogP contribution is 2.28. The van der Waals surface area contributed by atoms with E-state index in [4.69, 9.17) is 4.74 Å². The van der Waals surface area contributed by atoms with Gasteiger partial charge in [-0.15, -0.1) is 0 Å². The highest BCUT2D eigenvalue weighted by atomic mass is 16.6. The first-order valence-corrected chi connectivity index (χ1v) is 7.62. The summed E-state index contributed by atoms with van der Waals surface area (Å²) in [6, 6.07) is 4.73. The summed E-state index contributed by atoms with van der Waals surface area (Å²) in [7, 11) is 1.59. The van der Waals surface area contributed by atoms with Gasteiger partial charge in [-0.1, -0.05) is 19.8 Å². The van der Waals surface area contributed by atoms with E-state index in [1.54, 1.807) is 19.2 Å². The van der Waals surface area contributed by atoms with Crippen LogP contribution in [0.4, 0.5) is 5.69 Å². The molecule has 0 amide bonds. The molecule has 0 aliphatic heterocycles. The molecule has 0 bridgehead atoms. The molecule has 1 aliphatic carbocycles. The Morgan fingerprint density at radius 1 is 1.43 bits per heavy atom. The van der Waals surface area contributed by atoms with E-state index in [0.717, 1.165) is 23.9 Å². The average molecular weight is 292 g/mol. The lowest BCUT2D eigenvalue weighted by Gasteiger charge is -2.27. The summed E-state index contributed by atoms with van der Waals surface area (Å²) in [5.41, 5.74) is 0.953. The molecular formula is C16H24N2O3. The van der Waals surface area contributed by atoms with Crippen LogP contribution in [0.5, 0.6) is 5.75 Å². The maximum Gasteiger partial charge on any atom is 0.270 e. The minimum Gasteiger partial charge on any atom is -0.496 e. The zero-order valence-corrected chi connectivity index (χ0v) is 12.8. The molecule has 5 nitrogen and oxygen atoms in total. The molecule has 1 fully saturated rings. The van der Waals surface area contributed by atoms with E-state index in [-0.39, 0.29) is 10.6 Å². The second kappa shape index (κ2) is 7.41. The lowest BCUT2D eigenvalue weighted by Crippen LogP contribution is -2.26. The van der Waals surface area contributed by atoms with Gasteiger partial charge in [0.15, 0.2) is 0 Å². The van der Waals surface area contributed by atoms with E-state index in [0.29, 0.717) is 12.3 Å². The van der Waals surface area contributed by atoms with Gasteiger partial charge in [0.2, 0.25) is 0 Å². The first kappa shape index (κ1) is 15.8. The molecule has 0 heterocycles. The molecule has 116 valence electrons. The van der Waals surface area contributed by atoms with Crippen molar-refractivity contribution in [2.75, 3.05) is 13.7 Å². The summed E-state index contributed by atoms with van der Waals surface area (Å²) in [5.74, 6) is 2.24. The maximum absolute atomic E-state index is 10.9. The molecule has 2 unspecified atom stereocenters. The van der Waals surface area contributed by atoms with E-state index < -0.39 is 0 Å². The molecule has 0 radical (unpaired) electrons. The van der Waals surface area contributed by atoms with Crippen LogP contribution in [-0.2, 0) is 6.54 Å². The van der Waals surface area contributed by atoms with E-state index in [1.807, 2.05) is 0 Å². The van der Waals surface area contributed by atoms with Gasteiger partial charge >= 0.3 is 0 Å². The van der Waals surface area contributed by atoms with Crippen LogP contribution in [0.3, 0.4) is 0 Å². The molecular weight excluding hydrogens is 268 g/mol. The number of benzene rings is 1. The Morgan fingerprint density at radius 2 is 2.24 bits per heavy atom. The molecule has 1 aromatic rings. The largest absolute Gasteiger partial charge is 0.496 e. The summed E-state index contributed by atoms with van der Waals surface area (Å²) >= 11 is 0. The Morgan fingerprint density at radius 3 is 2.90 bits per heavy atom. The van der Waals surface area contributed by atoms with Gasteiger partial charge in [0.1, 0.15) is 5.75 Å². The maximum atomic E-state index is 10.9. The minimum atomic E-state index is -0.369. The second-order valence-electron chi connectivity index (χ2n) is 6.02. The molecule has 0 saturated heterocycles. The summed E-state index contributed by atoms with van der Waals surface area (Å²) in [5, 5.41) is 14.3. The number of methoxy groups -OCH3 is 1. The van der Waals surface area contributed by atoms with Gasteiger partial charge in [-0.25, -0.2) is 0 Å². The van der Waals surface area contributed by atoms with Crippen molar-refractivity contribution in [2.45, 2.75) is 39.2 Å². The number of nitro groups is 1. The highest BCUT2D eigenvalue weighted by Gasteiger charge is 2.18. The van der Waals surface area contributed by atoms with Crippen molar-refractivity contribution in [1.82, 2.24) is 5.32 Å². The van der Waals surface area contributed by atoms with Crippen molar-refractivity contribution < 1.29 is 9.66 Å². The summed E-state index contributed by atoms with van der Waals surface area (Å²) in [6.07, 6.45) is 5.21. The summed E-state index contributed by atoms with van der Waals surface area (Å²) in [4.78, 5) is 10.5. The van der Waals surface area contributed by atoms with Crippen LogP contribution in [0.1, 0.15) is 38.2 Å². The van der Waals surface area contributed by atoms with Gasteiger partial charge in [0.25, 0.3) is 5.69 Å². The zero-order valence-electron chi connectivity index (χ0n) is 12.8. The number of nitrogens with one attached hydrogen (secondary N) is 1. The van der Waals surface area contributed by atoms with Crippen molar-refractivity contribution in [1.29, 1.82) is 0 Å². The first-order valence-electron chi connectivity index (χ1n) is 7.62. The topological polar surface area (TPSA) is 64.4 Å². The zero-order chi connectivity index (χ0) is 15.2. The molecule has 5 heteroatoms. The quantitative estimate of drug-likeness (QED) is 0.643. The third-order valence-electron chi connectivity index (χ3n) is 4.27. The number of hydrogen-bond acceptors (Lipinski definition) is 4. The Hall–Kier alpha value is -1.62. The summed E-state index contributed by atoms with van der Waals surface area (Å²) in [6.45, 7) is 3.89. The fourth-order valence-corrected chi connectivity index (χ4v) is 3.17. The standard InChI is InChI=1S/C16H24N2O3/c1-12-4-3-5-13(8-12)10-17-11-14-9-15(18(19)20)6-7-16(14)21-2/h6-7,9,12-13,17H,3-5,8,10-11H2,1-2H3. The molecule has 0 spiro atoms. The van der Waals surface area contributed by atoms with Crippen molar-refractivity contribution in [3.63, 3.8) is 0 Å². The van der Waals surface area contributed by atoms with Crippen LogP contribution in [-0.4, -0.2) is 18.6 Å². The molecule has 1 aliphatic rings. The normalized spacial score (nSPS) is 22.0. The second-order valence-corrected chi connectivity index (χ2v) is 6.02. The predicted molar refractivity (Wildman–Crippen MR) is 82.5 cm³/mol. The molecule has 2 atom stereocenters. The van der Waals surface area contributed by atoms with Crippen molar-refractivity contribution in [3.8, 4) is 5.75 Å². The predicted octanol–water partition coefficient (Wildman–Crippen LogP) is 3.52. The smallest absolute Gasteiger partial charge is 0.270 e. The average Bonchev–Trinajstić information content (AvgIpc) is 2.47. The van der Waals surface area contributed by atoms with Crippen LogP contribution in [0.15, 0.2) is 18.2 Å². The fourth-order valence-electron chi connectivity index (χ4n) is 3.17.